The van der Waals surface area contributed by atoms with Crippen molar-refractivity contribution >= 4 is 17.6 Å². The number of rotatable bonds is 3. The zero-order valence-corrected chi connectivity index (χ0v) is 8.14. The summed E-state index contributed by atoms with van der Waals surface area (Å²) in [7, 11) is 1.29. The molecule has 0 fully saturated rings. The quantitative estimate of drug-likeness (QED) is 0.845. The van der Waals surface area contributed by atoms with Gasteiger partial charge in [0.05, 0.1) is 13.5 Å². The van der Waals surface area contributed by atoms with E-state index < -0.39 is 18.2 Å². The van der Waals surface area contributed by atoms with E-state index in [1.807, 2.05) is 0 Å². The average molecular weight is 219 g/mol. The molecule has 0 saturated carbocycles. The third-order valence-corrected chi connectivity index (χ3v) is 1.86. The standard InChI is InChI=1S/C9H8ClFO3/c1-14-7-4-6(10)2-5(9(7)11)3-8(12)13/h2,4H,3H2,1H3,(H,12,13). The normalized spacial score (nSPS) is 9.93. The van der Waals surface area contributed by atoms with Gasteiger partial charge in [0.1, 0.15) is 0 Å². The predicted molar refractivity (Wildman–Crippen MR) is 49.3 cm³/mol. The van der Waals surface area contributed by atoms with Crippen LogP contribution in [0.4, 0.5) is 4.39 Å². The fourth-order valence-corrected chi connectivity index (χ4v) is 1.29. The second-order valence-electron chi connectivity index (χ2n) is 2.65. The number of benzene rings is 1. The molecule has 0 aromatic heterocycles. The summed E-state index contributed by atoms with van der Waals surface area (Å²) in [5.41, 5.74) is 0.0156. The van der Waals surface area contributed by atoms with Crippen molar-refractivity contribution in [2.24, 2.45) is 0 Å². The van der Waals surface area contributed by atoms with E-state index in [-0.39, 0.29) is 16.3 Å². The van der Waals surface area contributed by atoms with E-state index in [1.165, 1.54) is 19.2 Å². The number of methoxy groups -OCH3 is 1. The Hall–Kier alpha value is -1.29. The number of halogens is 2. The molecule has 1 aromatic carbocycles. The molecule has 0 unspecified atom stereocenters. The van der Waals surface area contributed by atoms with Crippen LogP contribution in [0, 0.1) is 5.82 Å². The second-order valence-corrected chi connectivity index (χ2v) is 3.09. The largest absolute Gasteiger partial charge is 0.494 e. The van der Waals surface area contributed by atoms with Crippen molar-refractivity contribution < 1.29 is 19.0 Å². The van der Waals surface area contributed by atoms with E-state index in [1.54, 1.807) is 0 Å². The van der Waals surface area contributed by atoms with E-state index in [0.29, 0.717) is 0 Å². The maximum atomic E-state index is 13.4. The van der Waals surface area contributed by atoms with Gasteiger partial charge in [-0.1, -0.05) is 11.6 Å². The molecule has 1 aromatic rings. The fraction of sp³-hybridized carbons (Fsp3) is 0.222. The summed E-state index contributed by atoms with van der Waals surface area (Å²) in [6, 6.07) is 2.57. The van der Waals surface area contributed by atoms with Gasteiger partial charge < -0.3 is 9.84 Å². The minimum Gasteiger partial charge on any atom is -0.494 e. The molecule has 14 heavy (non-hydrogen) atoms. The van der Waals surface area contributed by atoms with Crippen molar-refractivity contribution in [3.8, 4) is 5.75 Å². The smallest absolute Gasteiger partial charge is 0.307 e. The summed E-state index contributed by atoms with van der Waals surface area (Å²) in [6.07, 6.45) is -0.414. The highest BCUT2D eigenvalue weighted by atomic mass is 35.5. The van der Waals surface area contributed by atoms with Crippen LogP contribution in [0.15, 0.2) is 12.1 Å². The molecule has 0 aliphatic carbocycles. The molecule has 76 valence electrons. The Morgan fingerprint density at radius 1 is 1.64 bits per heavy atom. The minimum atomic E-state index is -1.12. The molecule has 0 saturated heterocycles. The number of carbonyl (C=O) groups is 1. The predicted octanol–water partition coefficient (Wildman–Crippen LogP) is 2.11. The van der Waals surface area contributed by atoms with Crippen LogP contribution in [0.5, 0.6) is 5.75 Å². The summed E-state index contributed by atoms with van der Waals surface area (Å²) in [6.45, 7) is 0. The lowest BCUT2D eigenvalue weighted by Crippen LogP contribution is -2.03. The molecule has 5 heteroatoms. The fourth-order valence-electron chi connectivity index (χ4n) is 1.06. The van der Waals surface area contributed by atoms with Gasteiger partial charge in [0, 0.05) is 16.7 Å². The van der Waals surface area contributed by atoms with Crippen molar-refractivity contribution in [1.29, 1.82) is 0 Å². The van der Waals surface area contributed by atoms with Crippen molar-refractivity contribution in [3.63, 3.8) is 0 Å². The van der Waals surface area contributed by atoms with Gasteiger partial charge in [-0.15, -0.1) is 0 Å². The monoisotopic (exact) mass is 218 g/mol. The van der Waals surface area contributed by atoms with Crippen LogP contribution < -0.4 is 4.74 Å². The molecular weight excluding hydrogens is 211 g/mol. The summed E-state index contributed by atoms with van der Waals surface area (Å²) in [5, 5.41) is 8.74. The lowest BCUT2D eigenvalue weighted by molar-refractivity contribution is -0.136. The molecule has 0 heterocycles. The Balaban J connectivity index is 3.15. The van der Waals surface area contributed by atoms with Gasteiger partial charge in [-0.3, -0.25) is 4.79 Å². The molecule has 0 bridgehead atoms. The highest BCUT2D eigenvalue weighted by Gasteiger charge is 2.13. The molecule has 1 rings (SSSR count). The van der Waals surface area contributed by atoms with E-state index >= 15 is 0 Å². The molecule has 0 aliphatic rings. The first-order valence-corrected chi connectivity index (χ1v) is 4.16. The summed E-state index contributed by atoms with van der Waals surface area (Å²) >= 11 is 5.64. The van der Waals surface area contributed by atoms with Gasteiger partial charge in [-0.05, 0) is 6.07 Å². The Labute approximate surface area is 85.1 Å². The average Bonchev–Trinajstić information content (AvgIpc) is 2.09. The van der Waals surface area contributed by atoms with Crippen LogP contribution in [-0.4, -0.2) is 18.2 Å². The SMILES string of the molecule is COc1cc(Cl)cc(CC(=O)O)c1F. The van der Waals surface area contributed by atoms with Gasteiger partial charge in [-0.2, -0.15) is 0 Å². The first kappa shape index (κ1) is 10.8. The van der Waals surface area contributed by atoms with Crippen molar-refractivity contribution in [2.75, 3.05) is 7.11 Å². The van der Waals surface area contributed by atoms with E-state index in [2.05, 4.69) is 0 Å². The van der Waals surface area contributed by atoms with Crippen molar-refractivity contribution in [2.45, 2.75) is 6.42 Å². The van der Waals surface area contributed by atoms with E-state index in [4.69, 9.17) is 21.4 Å². The topological polar surface area (TPSA) is 46.5 Å². The molecular formula is C9H8ClFO3. The van der Waals surface area contributed by atoms with E-state index in [0.717, 1.165) is 0 Å². The summed E-state index contributed by atoms with van der Waals surface area (Å²) in [5.74, 6) is -1.85. The molecule has 0 aliphatic heterocycles. The van der Waals surface area contributed by atoms with Crippen LogP contribution in [0.2, 0.25) is 5.02 Å². The highest BCUT2D eigenvalue weighted by Crippen LogP contribution is 2.25. The number of aliphatic carboxylic acids is 1. The molecule has 0 radical (unpaired) electrons. The number of hydrogen-bond donors (Lipinski definition) is 1. The van der Waals surface area contributed by atoms with Crippen LogP contribution >= 0.6 is 11.6 Å². The molecule has 0 atom stereocenters. The van der Waals surface area contributed by atoms with Crippen LogP contribution in [0.3, 0.4) is 0 Å². The number of carboxylic acids is 1. The van der Waals surface area contributed by atoms with Gasteiger partial charge in [-0.25, -0.2) is 4.39 Å². The van der Waals surface area contributed by atoms with Crippen LogP contribution in [0.25, 0.3) is 0 Å². The van der Waals surface area contributed by atoms with Crippen molar-refractivity contribution in [1.82, 2.24) is 0 Å². The summed E-state index contributed by atoms with van der Waals surface area (Å²) < 4.78 is 18.1. The van der Waals surface area contributed by atoms with E-state index in [9.17, 15) is 9.18 Å². The minimum absolute atomic E-state index is 0.0156. The van der Waals surface area contributed by atoms with Crippen LogP contribution in [-0.2, 0) is 11.2 Å². The molecule has 0 amide bonds. The van der Waals surface area contributed by atoms with Gasteiger partial charge in [0.2, 0.25) is 0 Å². The molecule has 1 N–H and O–H groups in total. The Morgan fingerprint density at radius 2 is 2.29 bits per heavy atom. The summed E-state index contributed by atoms with van der Waals surface area (Å²) in [4.78, 5) is 10.4. The number of ether oxygens (including phenoxy) is 1. The Morgan fingerprint density at radius 3 is 2.79 bits per heavy atom. The first-order chi connectivity index (χ1) is 6.54. The highest BCUT2D eigenvalue weighted by molar-refractivity contribution is 6.30. The maximum Gasteiger partial charge on any atom is 0.307 e. The molecule has 3 nitrogen and oxygen atoms in total. The number of hydrogen-bond acceptors (Lipinski definition) is 2. The lowest BCUT2D eigenvalue weighted by Gasteiger charge is -2.06. The second kappa shape index (κ2) is 4.28. The van der Waals surface area contributed by atoms with Crippen molar-refractivity contribution in [3.05, 3.63) is 28.5 Å². The Kier molecular flexibility index (Phi) is 3.30. The number of carboxylic acid groups (broad SMARTS) is 1. The van der Waals surface area contributed by atoms with Crippen LogP contribution in [0.1, 0.15) is 5.56 Å². The third kappa shape index (κ3) is 2.35. The molecule has 0 spiro atoms. The van der Waals surface area contributed by atoms with Gasteiger partial charge >= 0.3 is 5.97 Å². The van der Waals surface area contributed by atoms with Gasteiger partial charge in [0.15, 0.2) is 11.6 Å². The maximum absolute atomic E-state index is 13.4. The third-order valence-electron chi connectivity index (χ3n) is 1.64. The first-order valence-electron chi connectivity index (χ1n) is 3.78. The Bertz CT molecular complexity index is 365. The lowest BCUT2D eigenvalue weighted by atomic mass is 10.1. The van der Waals surface area contributed by atoms with Gasteiger partial charge in [0.25, 0.3) is 0 Å². The zero-order chi connectivity index (χ0) is 10.7. The zero-order valence-electron chi connectivity index (χ0n) is 7.38.